The van der Waals surface area contributed by atoms with Gasteiger partial charge in [-0.05, 0) is 17.7 Å². The van der Waals surface area contributed by atoms with Crippen LogP contribution in [0.25, 0.3) is 11.1 Å². The van der Waals surface area contributed by atoms with Gasteiger partial charge in [-0.15, -0.1) is 0 Å². The Morgan fingerprint density at radius 1 is 1.12 bits per heavy atom. The molecule has 1 aliphatic heterocycles. The molecular weight excluding hydrogens is 412 g/mol. The first-order valence-corrected chi connectivity index (χ1v) is 10.0. The Morgan fingerprint density at radius 2 is 1.88 bits per heavy atom. The number of methoxy groups -OCH3 is 3. The summed E-state index contributed by atoms with van der Waals surface area (Å²) in [6, 6.07) is 13.8. The standard InChI is InChI=1S/C23H24N4O5/c1-30-13-16-21(14-7-5-4-6-8-14)22-25-20(28)12-17(27(22)26-16)23(29)24-15-9-10-18(31-2)19(11-15)32-3/h4-11,17H,12-13H2,1-3H3,(H,24,29)(H,25,28). The fourth-order valence-corrected chi connectivity index (χ4v) is 3.76. The van der Waals surface area contributed by atoms with Crippen LogP contribution in [0.1, 0.15) is 18.2 Å². The first-order valence-electron chi connectivity index (χ1n) is 10.0. The van der Waals surface area contributed by atoms with Crippen molar-refractivity contribution >= 4 is 23.3 Å². The molecule has 1 unspecified atom stereocenters. The van der Waals surface area contributed by atoms with Crippen molar-refractivity contribution in [1.82, 2.24) is 9.78 Å². The van der Waals surface area contributed by atoms with Crippen LogP contribution in [0.5, 0.6) is 11.5 Å². The minimum Gasteiger partial charge on any atom is -0.493 e. The van der Waals surface area contributed by atoms with Crippen molar-refractivity contribution in [2.24, 2.45) is 0 Å². The molecule has 0 bridgehead atoms. The van der Waals surface area contributed by atoms with Gasteiger partial charge in [-0.2, -0.15) is 5.10 Å². The van der Waals surface area contributed by atoms with Crippen LogP contribution in [0.15, 0.2) is 48.5 Å². The highest BCUT2D eigenvalue weighted by atomic mass is 16.5. The smallest absolute Gasteiger partial charge is 0.249 e. The third-order valence-corrected chi connectivity index (χ3v) is 5.21. The summed E-state index contributed by atoms with van der Waals surface area (Å²) in [5.41, 5.74) is 2.78. The number of anilines is 2. The zero-order chi connectivity index (χ0) is 22.7. The molecule has 32 heavy (non-hydrogen) atoms. The molecule has 3 aromatic rings. The summed E-state index contributed by atoms with van der Waals surface area (Å²) in [6.45, 7) is 0.240. The Balaban J connectivity index is 1.70. The number of rotatable bonds is 7. The van der Waals surface area contributed by atoms with Gasteiger partial charge in [0.1, 0.15) is 11.9 Å². The average molecular weight is 436 g/mol. The first-order chi connectivity index (χ1) is 15.5. The number of amides is 2. The molecule has 0 spiro atoms. The maximum absolute atomic E-state index is 13.2. The second kappa shape index (κ2) is 9.11. The van der Waals surface area contributed by atoms with Crippen molar-refractivity contribution in [3.05, 3.63) is 54.2 Å². The van der Waals surface area contributed by atoms with Crippen molar-refractivity contribution < 1.29 is 23.8 Å². The topological polar surface area (TPSA) is 104 Å². The summed E-state index contributed by atoms with van der Waals surface area (Å²) >= 11 is 0. The van der Waals surface area contributed by atoms with E-state index in [9.17, 15) is 9.59 Å². The fourth-order valence-electron chi connectivity index (χ4n) is 3.76. The molecule has 0 radical (unpaired) electrons. The van der Waals surface area contributed by atoms with E-state index in [1.807, 2.05) is 30.3 Å². The molecule has 2 amide bonds. The van der Waals surface area contributed by atoms with Crippen LogP contribution in [0, 0.1) is 0 Å². The number of aromatic nitrogens is 2. The maximum Gasteiger partial charge on any atom is 0.249 e. The van der Waals surface area contributed by atoms with Crippen LogP contribution in [-0.4, -0.2) is 42.9 Å². The van der Waals surface area contributed by atoms with Gasteiger partial charge in [-0.25, -0.2) is 4.68 Å². The highest BCUT2D eigenvalue weighted by Crippen LogP contribution is 2.38. The molecule has 9 nitrogen and oxygen atoms in total. The Kier molecular flexibility index (Phi) is 6.09. The zero-order valence-corrected chi connectivity index (χ0v) is 18.0. The number of nitrogens with zero attached hydrogens (tertiary/aromatic N) is 2. The summed E-state index contributed by atoms with van der Waals surface area (Å²) in [7, 11) is 4.64. The van der Waals surface area contributed by atoms with Gasteiger partial charge in [0, 0.05) is 24.4 Å². The Bertz CT molecular complexity index is 1140. The Hall–Kier alpha value is -3.85. The van der Waals surface area contributed by atoms with Gasteiger partial charge in [0.2, 0.25) is 11.8 Å². The van der Waals surface area contributed by atoms with Crippen LogP contribution in [-0.2, 0) is 20.9 Å². The Morgan fingerprint density at radius 3 is 2.56 bits per heavy atom. The molecule has 0 saturated heterocycles. The summed E-state index contributed by atoms with van der Waals surface area (Å²) in [4.78, 5) is 25.7. The maximum atomic E-state index is 13.2. The highest BCUT2D eigenvalue weighted by molar-refractivity contribution is 6.03. The van der Waals surface area contributed by atoms with E-state index in [1.165, 1.54) is 14.2 Å². The van der Waals surface area contributed by atoms with Crippen molar-refractivity contribution in [2.75, 3.05) is 32.0 Å². The predicted molar refractivity (Wildman–Crippen MR) is 119 cm³/mol. The van der Waals surface area contributed by atoms with E-state index in [0.29, 0.717) is 28.7 Å². The number of ether oxygens (including phenoxy) is 3. The molecule has 2 heterocycles. The van der Waals surface area contributed by atoms with Gasteiger partial charge in [0.15, 0.2) is 11.5 Å². The van der Waals surface area contributed by atoms with Crippen LogP contribution in [0.2, 0.25) is 0 Å². The van der Waals surface area contributed by atoms with Gasteiger partial charge in [0.25, 0.3) is 0 Å². The van der Waals surface area contributed by atoms with E-state index in [4.69, 9.17) is 14.2 Å². The molecule has 1 atom stereocenters. The molecule has 166 valence electrons. The van der Waals surface area contributed by atoms with E-state index in [0.717, 1.165) is 11.1 Å². The number of fused-ring (bicyclic) bond motifs is 1. The lowest BCUT2D eigenvalue weighted by Crippen LogP contribution is -2.35. The minimum absolute atomic E-state index is 0.0333. The van der Waals surface area contributed by atoms with Crippen LogP contribution >= 0.6 is 0 Å². The van der Waals surface area contributed by atoms with Gasteiger partial charge in [-0.3, -0.25) is 9.59 Å². The second-order valence-electron chi connectivity index (χ2n) is 7.24. The number of hydrogen-bond acceptors (Lipinski definition) is 6. The second-order valence-corrected chi connectivity index (χ2v) is 7.24. The van der Waals surface area contributed by atoms with Crippen molar-refractivity contribution in [3.8, 4) is 22.6 Å². The van der Waals surface area contributed by atoms with E-state index >= 15 is 0 Å². The van der Waals surface area contributed by atoms with Crippen molar-refractivity contribution in [1.29, 1.82) is 0 Å². The van der Waals surface area contributed by atoms with Crippen molar-refractivity contribution in [2.45, 2.75) is 19.1 Å². The van der Waals surface area contributed by atoms with E-state index in [-0.39, 0.29) is 24.8 Å². The molecule has 4 rings (SSSR count). The summed E-state index contributed by atoms with van der Waals surface area (Å²) in [5.74, 6) is 0.895. The van der Waals surface area contributed by atoms with E-state index < -0.39 is 6.04 Å². The number of carbonyl (C=O) groups excluding carboxylic acids is 2. The molecule has 0 aliphatic carbocycles. The normalized spacial score (nSPS) is 15.0. The minimum atomic E-state index is -0.820. The fraction of sp³-hybridized carbons (Fsp3) is 0.261. The SMILES string of the molecule is COCc1nn2c(c1-c1ccccc1)NC(=O)CC2C(=O)Nc1ccc(OC)c(OC)c1. The molecule has 0 saturated carbocycles. The van der Waals surface area contributed by atoms with Crippen molar-refractivity contribution in [3.63, 3.8) is 0 Å². The number of benzene rings is 2. The van der Waals surface area contributed by atoms with Crippen LogP contribution in [0.3, 0.4) is 0 Å². The van der Waals surface area contributed by atoms with Gasteiger partial charge in [0.05, 0.1) is 32.9 Å². The molecule has 0 fully saturated rings. The molecule has 1 aromatic heterocycles. The molecule has 2 aromatic carbocycles. The average Bonchev–Trinajstić information content (AvgIpc) is 3.16. The largest absolute Gasteiger partial charge is 0.493 e. The Labute approximate surface area is 185 Å². The van der Waals surface area contributed by atoms with E-state index in [1.54, 1.807) is 30.0 Å². The van der Waals surface area contributed by atoms with Crippen LogP contribution < -0.4 is 20.1 Å². The molecule has 1 aliphatic rings. The number of nitrogens with one attached hydrogen (secondary N) is 2. The molecular formula is C23H24N4O5. The van der Waals surface area contributed by atoms with Gasteiger partial charge in [-0.1, -0.05) is 30.3 Å². The summed E-state index contributed by atoms with van der Waals surface area (Å²) in [6.07, 6.45) is -0.0333. The van der Waals surface area contributed by atoms with Crippen LogP contribution in [0.4, 0.5) is 11.5 Å². The number of carbonyl (C=O) groups is 2. The zero-order valence-electron chi connectivity index (χ0n) is 18.0. The summed E-state index contributed by atoms with van der Waals surface area (Å²) < 4.78 is 17.4. The quantitative estimate of drug-likeness (QED) is 0.589. The highest BCUT2D eigenvalue weighted by Gasteiger charge is 2.35. The van der Waals surface area contributed by atoms with E-state index in [2.05, 4.69) is 15.7 Å². The molecule has 2 N–H and O–H groups in total. The third-order valence-electron chi connectivity index (χ3n) is 5.21. The lowest BCUT2D eigenvalue weighted by Gasteiger charge is -2.24. The number of hydrogen-bond donors (Lipinski definition) is 2. The third kappa shape index (κ3) is 4.02. The monoisotopic (exact) mass is 436 g/mol. The lowest BCUT2D eigenvalue weighted by molar-refractivity contribution is -0.125. The predicted octanol–water partition coefficient (Wildman–Crippen LogP) is 3.24. The van der Waals surface area contributed by atoms with Gasteiger partial charge < -0.3 is 24.8 Å². The molecule has 9 heteroatoms. The lowest BCUT2D eigenvalue weighted by atomic mass is 10.0. The van der Waals surface area contributed by atoms with Gasteiger partial charge >= 0.3 is 0 Å². The first kappa shape index (κ1) is 21.4. The summed E-state index contributed by atoms with van der Waals surface area (Å²) in [5, 5.41) is 10.4.